The van der Waals surface area contributed by atoms with E-state index in [1.54, 1.807) is 60.7 Å². The molecule has 0 aliphatic heterocycles. The number of carbonyl (C=O) groups is 1. The third kappa shape index (κ3) is 3.02. The van der Waals surface area contributed by atoms with Gasteiger partial charge in [-0.3, -0.25) is 9.59 Å². The van der Waals surface area contributed by atoms with Gasteiger partial charge in [-0.1, -0.05) is 29.8 Å². The van der Waals surface area contributed by atoms with Gasteiger partial charge in [0.1, 0.15) is 5.58 Å². The van der Waals surface area contributed by atoms with E-state index < -0.39 is 0 Å². The zero-order chi connectivity index (χ0) is 19.0. The molecule has 0 fully saturated rings. The van der Waals surface area contributed by atoms with E-state index in [-0.39, 0.29) is 11.3 Å². The van der Waals surface area contributed by atoms with Crippen LogP contribution in [0.25, 0.3) is 21.9 Å². The molecule has 4 rings (SSSR count). The lowest BCUT2D eigenvalue weighted by atomic mass is 10.1. The summed E-state index contributed by atoms with van der Waals surface area (Å²) in [6, 6.07) is 16.8. The molecule has 0 aliphatic carbocycles. The van der Waals surface area contributed by atoms with Gasteiger partial charge in [-0.25, -0.2) is 0 Å². The lowest BCUT2D eigenvalue weighted by Gasteiger charge is -2.09. The van der Waals surface area contributed by atoms with Crippen LogP contribution in [0, 0.1) is 0 Å². The average molecular weight is 380 g/mol. The van der Waals surface area contributed by atoms with Crippen molar-refractivity contribution in [3.8, 4) is 5.75 Å². The number of rotatable bonds is 3. The molecule has 1 aromatic heterocycles. The SMILES string of the molecule is COc1cccc2c(=O)c3ccc(NC(=O)c4ccccc4Cl)cc3oc12. The Morgan fingerprint density at radius 3 is 2.63 bits per heavy atom. The monoisotopic (exact) mass is 379 g/mol. The zero-order valence-corrected chi connectivity index (χ0v) is 15.0. The van der Waals surface area contributed by atoms with Crippen LogP contribution in [-0.4, -0.2) is 13.0 Å². The molecule has 1 N–H and O–H groups in total. The van der Waals surface area contributed by atoms with Crippen LogP contribution < -0.4 is 15.5 Å². The first-order chi connectivity index (χ1) is 13.1. The van der Waals surface area contributed by atoms with E-state index in [0.717, 1.165) is 0 Å². The second kappa shape index (κ2) is 6.78. The topological polar surface area (TPSA) is 68.5 Å². The summed E-state index contributed by atoms with van der Waals surface area (Å²) in [5.41, 5.74) is 1.42. The van der Waals surface area contributed by atoms with Gasteiger partial charge < -0.3 is 14.5 Å². The van der Waals surface area contributed by atoms with Gasteiger partial charge in [-0.05, 0) is 36.4 Å². The summed E-state index contributed by atoms with van der Waals surface area (Å²) in [5, 5.41) is 3.99. The fourth-order valence-electron chi connectivity index (χ4n) is 2.93. The third-order valence-corrected chi connectivity index (χ3v) is 4.59. The first kappa shape index (κ1) is 17.1. The number of ether oxygens (including phenoxy) is 1. The number of anilines is 1. The Bertz CT molecular complexity index is 1250. The van der Waals surface area contributed by atoms with Crippen LogP contribution in [0.5, 0.6) is 5.75 Å². The summed E-state index contributed by atoms with van der Waals surface area (Å²) in [4.78, 5) is 25.2. The molecular weight excluding hydrogens is 366 g/mol. The number of benzene rings is 3. The van der Waals surface area contributed by atoms with E-state index in [9.17, 15) is 9.59 Å². The smallest absolute Gasteiger partial charge is 0.257 e. The summed E-state index contributed by atoms with van der Waals surface area (Å²) < 4.78 is 11.2. The number of para-hydroxylation sites is 1. The van der Waals surface area contributed by atoms with Crippen LogP contribution in [0.4, 0.5) is 5.69 Å². The highest BCUT2D eigenvalue weighted by Crippen LogP contribution is 2.28. The predicted molar refractivity (Wildman–Crippen MR) is 106 cm³/mol. The molecule has 0 saturated heterocycles. The van der Waals surface area contributed by atoms with Gasteiger partial charge in [-0.2, -0.15) is 0 Å². The number of hydrogen-bond acceptors (Lipinski definition) is 4. The van der Waals surface area contributed by atoms with E-state index >= 15 is 0 Å². The molecule has 0 spiro atoms. The number of nitrogens with one attached hydrogen (secondary N) is 1. The number of methoxy groups -OCH3 is 1. The van der Waals surface area contributed by atoms with Crippen molar-refractivity contribution in [3.63, 3.8) is 0 Å². The Kier molecular flexibility index (Phi) is 4.30. The van der Waals surface area contributed by atoms with Crippen molar-refractivity contribution < 1.29 is 13.9 Å². The molecule has 0 radical (unpaired) electrons. The van der Waals surface area contributed by atoms with Gasteiger partial charge in [0.05, 0.1) is 28.5 Å². The van der Waals surface area contributed by atoms with Gasteiger partial charge in [0.25, 0.3) is 5.91 Å². The maximum absolute atomic E-state index is 12.7. The van der Waals surface area contributed by atoms with Gasteiger partial charge in [-0.15, -0.1) is 0 Å². The molecule has 6 heteroatoms. The van der Waals surface area contributed by atoms with Crippen LogP contribution in [0.1, 0.15) is 10.4 Å². The highest BCUT2D eigenvalue weighted by Gasteiger charge is 2.14. The van der Waals surface area contributed by atoms with Crippen LogP contribution in [0.2, 0.25) is 5.02 Å². The molecule has 3 aromatic carbocycles. The van der Waals surface area contributed by atoms with E-state index in [0.29, 0.717) is 44.0 Å². The minimum atomic E-state index is -0.347. The second-order valence-corrected chi connectivity index (χ2v) is 6.32. The van der Waals surface area contributed by atoms with Crippen molar-refractivity contribution in [2.75, 3.05) is 12.4 Å². The first-order valence-electron chi connectivity index (χ1n) is 8.18. The van der Waals surface area contributed by atoms with Gasteiger partial charge in [0, 0.05) is 11.8 Å². The van der Waals surface area contributed by atoms with E-state index in [2.05, 4.69) is 5.32 Å². The molecule has 0 aliphatic rings. The van der Waals surface area contributed by atoms with Crippen molar-refractivity contribution in [1.82, 2.24) is 0 Å². The molecular formula is C21H14ClNO4. The van der Waals surface area contributed by atoms with Crippen molar-refractivity contribution in [1.29, 1.82) is 0 Å². The lowest BCUT2D eigenvalue weighted by Crippen LogP contribution is -2.12. The average Bonchev–Trinajstić information content (AvgIpc) is 2.68. The quantitative estimate of drug-likeness (QED) is 0.516. The summed E-state index contributed by atoms with van der Waals surface area (Å²) in [7, 11) is 1.51. The van der Waals surface area contributed by atoms with Gasteiger partial charge >= 0.3 is 0 Å². The molecule has 5 nitrogen and oxygen atoms in total. The molecule has 1 heterocycles. The van der Waals surface area contributed by atoms with Crippen LogP contribution >= 0.6 is 11.6 Å². The van der Waals surface area contributed by atoms with Crippen LogP contribution in [0.15, 0.2) is 69.9 Å². The zero-order valence-electron chi connectivity index (χ0n) is 14.3. The Hall–Kier alpha value is -3.31. The minimum absolute atomic E-state index is 0.158. The van der Waals surface area contributed by atoms with Crippen LogP contribution in [-0.2, 0) is 0 Å². The summed E-state index contributed by atoms with van der Waals surface area (Å²) in [6.07, 6.45) is 0. The highest BCUT2D eigenvalue weighted by atomic mass is 35.5. The largest absolute Gasteiger partial charge is 0.493 e. The fourth-order valence-corrected chi connectivity index (χ4v) is 3.15. The molecule has 1 amide bonds. The molecule has 0 bridgehead atoms. The van der Waals surface area contributed by atoms with E-state index in [1.165, 1.54) is 7.11 Å². The highest BCUT2D eigenvalue weighted by molar-refractivity contribution is 6.34. The van der Waals surface area contributed by atoms with Crippen molar-refractivity contribution in [2.45, 2.75) is 0 Å². The summed E-state index contributed by atoms with van der Waals surface area (Å²) in [5.74, 6) is 0.123. The van der Waals surface area contributed by atoms with Crippen molar-refractivity contribution in [2.24, 2.45) is 0 Å². The van der Waals surface area contributed by atoms with E-state index in [4.69, 9.17) is 20.8 Å². The van der Waals surface area contributed by atoms with Crippen molar-refractivity contribution in [3.05, 3.63) is 81.5 Å². The number of amides is 1. The Balaban J connectivity index is 1.80. The molecule has 0 saturated carbocycles. The standard InChI is InChI=1S/C21H14ClNO4/c1-26-17-8-4-6-15-19(24)14-10-9-12(11-18(14)27-20(15)17)23-21(25)13-5-2-3-7-16(13)22/h2-11H,1H3,(H,23,25). The Morgan fingerprint density at radius 1 is 1.04 bits per heavy atom. The van der Waals surface area contributed by atoms with Crippen molar-refractivity contribution >= 4 is 45.1 Å². The Labute approximate surface area is 159 Å². The number of halogens is 1. The molecule has 4 aromatic rings. The Morgan fingerprint density at radius 2 is 1.85 bits per heavy atom. The van der Waals surface area contributed by atoms with Gasteiger partial charge in [0.15, 0.2) is 11.3 Å². The molecule has 0 unspecified atom stereocenters. The fraction of sp³-hybridized carbons (Fsp3) is 0.0476. The number of fused-ring (bicyclic) bond motifs is 2. The molecule has 0 atom stereocenters. The third-order valence-electron chi connectivity index (χ3n) is 4.26. The van der Waals surface area contributed by atoms with E-state index in [1.807, 2.05) is 0 Å². The first-order valence-corrected chi connectivity index (χ1v) is 8.56. The number of carbonyl (C=O) groups excluding carboxylic acids is 1. The summed E-state index contributed by atoms with van der Waals surface area (Å²) >= 11 is 6.07. The summed E-state index contributed by atoms with van der Waals surface area (Å²) in [6.45, 7) is 0. The normalized spacial score (nSPS) is 10.9. The maximum Gasteiger partial charge on any atom is 0.257 e. The molecule has 134 valence electrons. The van der Waals surface area contributed by atoms with Crippen LogP contribution in [0.3, 0.4) is 0 Å². The minimum Gasteiger partial charge on any atom is -0.493 e. The second-order valence-electron chi connectivity index (χ2n) is 5.91. The van der Waals surface area contributed by atoms with Gasteiger partial charge in [0.2, 0.25) is 5.43 Å². The number of hydrogen-bond donors (Lipinski definition) is 1. The lowest BCUT2D eigenvalue weighted by molar-refractivity contribution is 0.102. The molecule has 27 heavy (non-hydrogen) atoms. The predicted octanol–water partition coefficient (Wildman–Crippen LogP) is 4.86. The maximum atomic E-state index is 12.7.